The van der Waals surface area contributed by atoms with E-state index in [2.05, 4.69) is 0 Å². The molecule has 2 aliphatic rings. The van der Waals surface area contributed by atoms with Crippen LogP contribution in [-0.4, -0.2) is 31.9 Å². The summed E-state index contributed by atoms with van der Waals surface area (Å²) in [6, 6.07) is 0. The second-order valence-corrected chi connectivity index (χ2v) is 3.36. The standard InChI is InChI=1S/C10H14O4/c11-8(7-10-13-5-6-14-10)9-3-1-2-4-12-9/h3,10H,1-2,4-7H2. The molecule has 2 heterocycles. The van der Waals surface area contributed by atoms with Gasteiger partial charge in [-0.3, -0.25) is 4.79 Å². The Bertz CT molecular complexity index is 241. The molecule has 0 aromatic rings. The number of ketones is 1. The Morgan fingerprint density at radius 3 is 2.79 bits per heavy atom. The third-order valence-electron chi connectivity index (χ3n) is 2.25. The summed E-state index contributed by atoms with van der Waals surface area (Å²) in [6.07, 6.45) is 3.67. The Hall–Kier alpha value is -0.870. The highest BCUT2D eigenvalue weighted by atomic mass is 16.7. The number of hydrogen-bond donors (Lipinski definition) is 0. The molecule has 0 atom stereocenters. The van der Waals surface area contributed by atoms with Gasteiger partial charge in [0.15, 0.2) is 12.0 Å². The lowest BCUT2D eigenvalue weighted by Gasteiger charge is -2.15. The van der Waals surface area contributed by atoms with Crippen molar-refractivity contribution >= 4 is 5.78 Å². The van der Waals surface area contributed by atoms with Crippen LogP contribution in [0.1, 0.15) is 19.3 Å². The highest BCUT2D eigenvalue weighted by molar-refractivity contribution is 5.93. The fourth-order valence-corrected chi connectivity index (χ4v) is 1.53. The molecule has 1 saturated heterocycles. The van der Waals surface area contributed by atoms with Gasteiger partial charge in [-0.1, -0.05) is 0 Å². The van der Waals surface area contributed by atoms with Crippen LogP contribution in [0.25, 0.3) is 0 Å². The van der Waals surface area contributed by atoms with Gasteiger partial charge < -0.3 is 14.2 Å². The molecule has 0 unspecified atom stereocenters. The second kappa shape index (κ2) is 4.57. The van der Waals surface area contributed by atoms with Gasteiger partial charge in [-0.05, 0) is 18.9 Å². The minimum atomic E-state index is -0.367. The van der Waals surface area contributed by atoms with Crippen LogP contribution >= 0.6 is 0 Å². The van der Waals surface area contributed by atoms with E-state index in [0.717, 1.165) is 12.8 Å². The summed E-state index contributed by atoms with van der Waals surface area (Å²) in [5.41, 5.74) is 0. The van der Waals surface area contributed by atoms with E-state index in [4.69, 9.17) is 14.2 Å². The predicted octanol–water partition coefficient (Wildman–Crippen LogP) is 1.01. The molecule has 0 radical (unpaired) electrons. The van der Waals surface area contributed by atoms with Crippen LogP contribution in [0.4, 0.5) is 0 Å². The molecule has 78 valence electrons. The van der Waals surface area contributed by atoms with Gasteiger partial charge in [-0.25, -0.2) is 0 Å². The van der Waals surface area contributed by atoms with Crippen molar-refractivity contribution in [2.45, 2.75) is 25.6 Å². The van der Waals surface area contributed by atoms with Crippen molar-refractivity contribution in [3.63, 3.8) is 0 Å². The Kier molecular flexibility index (Phi) is 3.16. The molecule has 0 aliphatic carbocycles. The Morgan fingerprint density at radius 2 is 2.14 bits per heavy atom. The highest BCUT2D eigenvalue weighted by Gasteiger charge is 2.23. The first kappa shape index (κ1) is 9.68. The summed E-state index contributed by atoms with van der Waals surface area (Å²) < 4.78 is 15.6. The van der Waals surface area contributed by atoms with Gasteiger partial charge in [0.05, 0.1) is 26.2 Å². The number of carbonyl (C=O) groups excluding carboxylic acids is 1. The fourth-order valence-electron chi connectivity index (χ4n) is 1.53. The van der Waals surface area contributed by atoms with Crippen LogP contribution < -0.4 is 0 Å². The summed E-state index contributed by atoms with van der Waals surface area (Å²) in [5, 5.41) is 0. The third-order valence-corrected chi connectivity index (χ3v) is 2.25. The molecule has 14 heavy (non-hydrogen) atoms. The molecule has 4 heteroatoms. The van der Waals surface area contributed by atoms with Gasteiger partial charge in [0.25, 0.3) is 0 Å². The molecular weight excluding hydrogens is 184 g/mol. The van der Waals surface area contributed by atoms with Crippen molar-refractivity contribution in [1.29, 1.82) is 0 Å². The van der Waals surface area contributed by atoms with E-state index >= 15 is 0 Å². The Balaban J connectivity index is 1.84. The number of Topliss-reactive ketones (excluding diaryl/α,β-unsaturated/α-hetero) is 1. The largest absolute Gasteiger partial charge is 0.490 e. The van der Waals surface area contributed by atoms with Gasteiger partial charge >= 0.3 is 0 Å². The molecule has 1 fully saturated rings. The average molecular weight is 198 g/mol. The molecule has 4 nitrogen and oxygen atoms in total. The van der Waals surface area contributed by atoms with E-state index in [1.165, 1.54) is 0 Å². The van der Waals surface area contributed by atoms with Crippen molar-refractivity contribution in [1.82, 2.24) is 0 Å². The van der Waals surface area contributed by atoms with Crippen molar-refractivity contribution in [3.05, 3.63) is 11.8 Å². The lowest BCUT2D eigenvalue weighted by Crippen LogP contribution is -2.18. The van der Waals surface area contributed by atoms with E-state index in [-0.39, 0.29) is 18.5 Å². The number of ether oxygens (including phenoxy) is 3. The summed E-state index contributed by atoms with van der Waals surface area (Å²) in [6.45, 7) is 1.81. The van der Waals surface area contributed by atoms with Crippen LogP contribution in [0.5, 0.6) is 0 Å². The van der Waals surface area contributed by atoms with Crippen molar-refractivity contribution < 1.29 is 19.0 Å². The highest BCUT2D eigenvalue weighted by Crippen LogP contribution is 2.16. The molecule has 0 aromatic carbocycles. The monoisotopic (exact) mass is 198 g/mol. The first-order valence-corrected chi connectivity index (χ1v) is 4.95. The maximum atomic E-state index is 11.6. The molecule has 0 saturated carbocycles. The quantitative estimate of drug-likeness (QED) is 0.679. The van der Waals surface area contributed by atoms with E-state index in [1.807, 2.05) is 6.08 Å². The van der Waals surface area contributed by atoms with E-state index < -0.39 is 0 Å². The summed E-state index contributed by atoms with van der Waals surface area (Å²) >= 11 is 0. The molecule has 0 aromatic heterocycles. The van der Waals surface area contributed by atoms with Crippen LogP contribution in [0.15, 0.2) is 11.8 Å². The Morgan fingerprint density at radius 1 is 1.36 bits per heavy atom. The van der Waals surface area contributed by atoms with E-state index in [1.54, 1.807) is 0 Å². The van der Waals surface area contributed by atoms with Crippen LogP contribution in [-0.2, 0) is 19.0 Å². The van der Waals surface area contributed by atoms with E-state index in [0.29, 0.717) is 25.6 Å². The van der Waals surface area contributed by atoms with Gasteiger partial charge in [0.1, 0.15) is 0 Å². The molecule has 2 aliphatic heterocycles. The zero-order chi connectivity index (χ0) is 9.80. The van der Waals surface area contributed by atoms with Gasteiger partial charge in [-0.15, -0.1) is 0 Å². The summed E-state index contributed by atoms with van der Waals surface area (Å²) in [4.78, 5) is 11.6. The molecular formula is C10H14O4. The summed E-state index contributed by atoms with van der Waals surface area (Å²) in [7, 11) is 0. The van der Waals surface area contributed by atoms with Crippen molar-refractivity contribution in [2.24, 2.45) is 0 Å². The second-order valence-electron chi connectivity index (χ2n) is 3.36. The predicted molar refractivity (Wildman–Crippen MR) is 48.6 cm³/mol. The van der Waals surface area contributed by atoms with E-state index in [9.17, 15) is 4.79 Å². The zero-order valence-electron chi connectivity index (χ0n) is 8.03. The Labute approximate surface area is 82.8 Å². The van der Waals surface area contributed by atoms with Gasteiger partial charge in [0.2, 0.25) is 5.78 Å². The zero-order valence-corrected chi connectivity index (χ0v) is 8.03. The normalized spacial score (nSPS) is 23.0. The lowest BCUT2D eigenvalue weighted by atomic mass is 10.1. The topological polar surface area (TPSA) is 44.8 Å². The molecule has 0 spiro atoms. The molecule has 0 amide bonds. The molecule has 2 rings (SSSR count). The first-order chi connectivity index (χ1) is 6.86. The summed E-state index contributed by atoms with van der Waals surface area (Å²) in [5.74, 6) is 0.465. The fraction of sp³-hybridized carbons (Fsp3) is 0.700. The minimum Gasteiger partial charge on any atom is -0.490 e. The number of hydrogen-bond acceptors (Lipinski definition) is 4. The third kappa shape index (κ3) is 2.33. The lowest BCUT2D eigenvalue weighted by molar-refractivity contribution is -0.127. The first-order valence-electron chi connectivity index (χ1n) is 4.95. The number of rotatable bonds is 3. The van der Waals surface area contributed by atoms with Gasteiger partial charge in [0, 0.05) is 0 Å². The average Bonchev–Trinajstić information content (AvgIpc) is 2.72. The maximum Gasteiger partial charge on any atom is 0.202 e. The minimum absolute atomic E-state index is 0.0170. The van der Waals surface area contributed by atoms with Gasteiger partial charge in [-0.2, -0.15) is 0 Å². The molecule has 0 N–H and O–H groups in total. The van der Waals surface area contributed by atoms with Crippen LogP contribution in [0.2, 0.25) is 0 Å². The molecule has 0 bridgehead atoms. The number of carbonyl (C=O) groups is 1. The smallest absolute Gasteiger partial charge is 0.202 e. The van der Waals surface area contributed by atoms with Crippen molar-refractivity contribution in [3.8, 4) is 0 Å². The van der Waals surface area contributed by atoms with Crippen LogP contribution in [0.3, 0.4) is 0 Å². The maximum absolute atomic E-state index is 11.6. The SMILES string of the molecule is O=C(CC1OCCO1)C1=CCCCO1. The number of allylic oxidation sites excluding steroid dienone is 2. The van der Waals surface area contributed by atoms with Crippen molar-refractivity contribution in [2.75, 3.05) is 19.8 Å². The van der Waals surface area contributed by atoms with Crippen LogP contribution in [0, 0.1) is 0 Å².